The molecule has 0 saturated carbocycles. The number of ether oxygens (including phenoxy) is 1. The highest BCUT2D eigenvalue weighted by Crippen LogP contribution is 2.29. The third-order valence-corrected chi connectivity index (χ3v) is 5.82. The molecular formula is C27H26N4O3S. The number of carbonyl (C=O) groups is 2. The highest BCUT2D eigenvalue weighted by molar-refractivity contribution is 7.14. The van der Waals surface area contributed by atoms with E-state index in [4.69, 9.17) is 4.74 Å². The van der Waals surface area contributed by atoms with E-state index in [9.17, 15) is 9.59 Å². The molecule has 0 fully saturated rings. The van der Waals surface area contributed by atoms with E-state index >= 15 is 0 Å². The van der Waals surface area contributed by atoms with Crippen molar-refractivity contribution in [1.82, 2.24) is 15.8 Å². The summed E-state index contributed by atoms with van der Waals surface area (Å²) in [5.74, 6) is 0.795. The first kappa shape index (κ1) is 24.0. The number of amides is 2. The first-order valence-corrected chi connectivity index (χ1v) is 12.1. The monoisotopic (exact) mass is 486 g/mol. The molecule has 4 rings (SSSR count). The molecule has 2 N–H and O–H groups in total. The Balaban J connectivity index is 1.36. The Morgan fingerprint density at radius 1 is 0.857 bits per heavy atom. The number of nitrogens with one attached hydrogen (secondary N) is 2. The van der Waals surface area contributed by atoms with Crippen LogP contribution in [0.25, 0.3) is 0 Å². The van der Waals surface area contributed by atoms with E-state index in [1.165, 1.54) is 11.3 Å². The van der Waals surface area contributed by atoms with Gasteiger partial charge in [0.15, 0.2) is 5.13 Å². The molecule has 0 aliphatic heterocycles. The second-order valence-electron chi connectivity index (χ2n) is 8.20. The largest absolute Gasteiger partial charge is 0.457 e. The zero-order valence-electron chi connectivity index (χ0n) is 19.5. The van der Waals surface area contributed by atoms with E-state index in [-0.39, 0.29) is 5.69 Å². The van der Waals surface area contributed by atoms with Crippen LogP contribution in [0.3, 0.4) is 0 Å². The maximum absolute atomic E-state index is 12.6. The summed E-state index contributed by atoms with van der Waals surface area (Å²) < 4.78 is 5.73. The van der Waals surface area contributed by atoms with Crippen LogP contribution < -0.4 is 20.5 Å². The first-order valence-electron chi connectivity index (χ1n) is 11.2. The van der Waals surface area contributed by atoms with Crippen molar-refractivity contribution in [2.75, 3.05) is 11.4 Å². The molecule has 0 aliphatic carbocycles. The summed E-state index contributed by atoms with van der Waals surface area (Å²) in [5.41, 5.74) is 6.51. The van der Waals surface area contributed by atoms with Crippen LogP contribution in [0.2, 0.25) is 0 Å². The van der Waals surface area contributed by atoms with Crippen molar-refractivity contribution in [3.63, 3.8) is 0 Å². The lowest BCUT2D eigenvalue weighted by molar-refractivity contribution is 0.0844. The summed E-state index contributed by atoms with van der Waals surface area (Å²) >= 11 is 1.38. The molecule has 0 spiro atoms. The van der Waals surface area contributed by atoms with Gasteiger partial charge in [0.2, 0.25) is 0 Å². The van der Waals surface area contributed by atoms with Crippen LogP contribution in [0.1, 0.15) is 34.7 Å². The Hall–Kier alpha value is -4.17. The van der Waals surface area contributed by atoms with Crippen LogP contribution in [0, 0.1) is 5.92 Å². The van der Waals surface area contributed by atoms with Gasteiger partial charge in [0.25, 0.3) is 11.8 Å². The van der Waals surface area contributed by atoms with Crippen molar-refractivity contribution in [1.29, 1.82) is 0 Å². The number of rotatable bonds is 8. The second kappa shape index (κ2) is 11.3. The fraction of sp³-hybridized carbons (Fsp3) is 0.148. The summed E-state index contributed by atoms with van der Waals surface area (Å²) in [5, 5.41) is 2.40. The summed E-state index contributed by atoms with van der Waals surface area (Å²) in [6.07, 6.45) is 0. The van der Waals surface area contributed by atoms with E-state index in [0.717, 1.165) is 17.4 Å². The number of nitrogens with zero attached hydrogens (tertiary/aromatic N) is 2. The van der Waals surface area contributed by atoms with Crippen molar-refractivity contribution in [2.24, 2.45) is 5.92 Å². The zero-order valence-corrected chi connectivity index (χ0v) is 20.3. The van der Waals surface area contributed by atoms with Crippen LogP contribution in [0.15, 0.2) is 90.3 Å². The highest BCUT2D eigenvalue weighted by atomic mass is 32.1. The maximum atomic E-state index is 12.6. The number of benzene rings is 3. The molecule has 35 heavy (non-hydrogen) atoms. The van der Waals surface area contributed by atoms with E-state index in [2.05, 4.69) is 34.6 Å². The van der Waals surface area contributed by atoms with Gasteiger partial charge in [-0.3, -0.25) is 20.4 Å². The van der Waals surface area contributed by atoms with Crippen molar-refractivity contribution < 1.29 is 14.3 Å². The lowest BCUT2D eigenvalue weighted by Crippen LogP contribution is -2.41. The smallest absolute Gasteiger partial charge is 0.289 e. The van der Waals surface area contributed by atoms with Gasteiger partial charge in [-0.25, -0.2) is 4.98 Å². The Kier molecular flexibility index (Phi) is 7.74. The number of hydrazine groups is 1. The van der Waals surface area contributed by atoms with E-state index in [0.29, 0.717) is 23.0 Å². The van der Waals surface area contributed by atoms with Gasteiger partial charge in [-0.2, -0.15) is 0 Å². The lowest BCUT2D eigenvalue weighted by Gasteiger charge is -2.23. The fourth-order valence-electron chi connectivity index (χ4n) is 3.31. The van der Waals surface area contributed by atoms with Gasteiger partial charge in [-0.15, -0.1) is 11.3 Å². The van der Waals surface area contributed by atoms with Gasteiger partial charge in [-0.1, -0.05) is 50.2 Å². The molecule has 0 bridgehead atoms. The van der Waals surface area contributed by atoms with Crippen LogP contribution >= 0.6 is 11.3 Å². The third-order valence-electron chi connectivity index (χ3n) is 4.96. The fourth-order valence-corrected chi connectivity index (χ4v) is 4.14. The zero-order chi connectivity index (χ0) is 24.6. The minimum Gasteiger partial charge on any atom is -0.457 e. The van der Waals surface area contributed by atoms with Crippen LogP contribution in [-0.4, -0.2) is 23.3 Å². The molecule has 1 heterocycles. The van der Waals surface area contributed by atoms with Crippen molar-refractivity contribution >= 4 is 34.0 Å². The van der Waals surface area contributed by atoms with Gasteiger partial charge in [0.1, 0.15) is 17.2 Å². The number of thiazole rings is 1. The summed E-state index contributed by atoms with van der Waals surface area (Å²) in [6, 6.07) is 26.0. The van der Waals surface area contributed by atoms with E-state index in [1.807, 2.05) is 60.7 Å². The van der Waals surface area contributed by atoms with Gasteiger partial charge in [-0.05, 0) is 54.4 Å². The minimum absolute atomic E-state index is 0.238. The molecule has 7 nitrogen and oxygen atoms in total. The average Bonchev–Trinajstić information content (AvgIpc) is 3.37. The molecule has 3 aromatic carbocycles. The molecule has 8 heteroatoms. The molecule has 2 amide bonds. The number of aromatic nitrogens is 1. The maximum Gasteiger partial charge on any atom is 0.289 e. The number of hydrogen-bond donors (Lipinski definition) is 2. The van der Waals surface area contributed by atoms with Crippen LogP contribution in [0.5, 0.6) is 11.5 Å². The van der Waals surface area contributed by atoms with Gasteiger partial charge >= 0.3 is 0 Å². The summed E-state index contributed by atoms with van der Waals surface area (Å²) in [4.78, 5) is 31.7. The predicted octanol–water partition coefficient (Wildman–Crippen LogP) is 5.80. The Morgan fingerprint density at radius 2 is 1.46 bits per heavy atom. The molecular weight excluding hydrogens is 460 g/mol. The number of hydrogen-bond acceptors (Lipinski definition) is 6. The first-order chi connectivity index (χ1) is 17.0. The summed E-state index contributed by atoms with van der Waals surface area (Å²) in [6.45, 7) is 5.03. The summed E-state index contributed by atoms with van der Waals surface area (Å²) in [7, 11) is 0. The molecule has 1 aromatic heterocycles. The van der Waals surface area contributed by atoms with Crippen molar-refractivity contribution in [3.05, 3.63) is 102 Å². The van der Waals surface area contributed by atoms with E-state index < -0.39 is 11.8 Å². The molecule has 0 unspecified atom stereocenters. The van der Waals surface area contributed by atoms with Crippen LogP contribution in [-0.2, 0) is 0 Å². The highest BCUT2D eigenvalue weighted by Gasteiger charge is 2.18. The SMILES string of the molecule is CC(C)CN(c1ccccc1)c1nc(C(=O)NNC(=O)c2ccc(Oc3ccccc3)cc2)cs1. The molecule has 178 valence electrons. The standard InChI is InChI=1S/C27H26N4O3S/c1-19(2)17-31(21-9-5-3-6-10-21)27-28-24(18-35-27)26(33)30-29-25(32)20-13-15-23(16-14-20)34-22-11-7-4-8-12-22/h3-16,18-19H,17H2,1-2H3,(H,29,32)(H,30,33). The normalized spacial score (nSPS) is 10.6. The Bertz CT molecular complexity index is 1260. The van der Waals surface area contributed by atoms with Crippen molar-refractivity contribution in [2.45, 2.75) is 13.8 Å². The quantitative estimate of drug-likeness (QED) is 0.307. The Morgan fingerprint density at radius 3 is 2.11 bits per heavy atom. The second-order valence-corrected chi connectivity index (χ2v) is 9.04. The molecule has 0 saturated heterocycles. The lowest BCUT2D eigenvalue weighted by atomic mass is 10.2. The topological polar surface area (TPSA) is 83.6 Å². The number of carbonyl (C=O) groups excluding carboxylic acids is 2. The van der Waals surface area contributed by atoms with Crippen molar-refractivity contribution in [3.8, 4) is 11.5 Å². The third kappa shape index (κ3) is 6.45. The molecule has 0 aliphatic rings. The van der Waals surface area contributed by atoms with E-state index in [1.54, 1.807) is 29.6 Å². The predicted molar refractivity (Wildman–Crippen MR) is 138 cm³/mol. The number of para-hydroxylation sites is 2. The molecule has 0 radical (unpaired) electrons. The molecule has 4 aromatic rings. The molecule has 0 atom stereocenters. The van der Waals surface area contributed by atoms with Gasteiger partial charge in [0.05, 0.1) is 0 Å². The van der Waals surface area contributed by atoms with Gasteiger partial charge in [0, 0.05) is 23.2 Å². The minimum atomic E-state index is -0.484. The number of anilines is 2. The van der Waals surface area contributed by atoms with Gasteiger partial charge < -0.3 is 9.64 Å². The van der Waals surface area contributed by atoms with Crippen LogP contribution in [0.4, 0.5) is 10.8 Å². The average molecular weight is 487 g/mol. The Labute approximate surface area is 208 Å².